The zero-order valence-corrected chi connectivity index (χ0v) is 19.5. The Hall–Kier alpha value is -4.92. The van der Waals surface area contributed by atoms with E-state index in [1.807, 2.05) is 19.9 Å². The molecule has 0 saturated heterocycles. The number of aryl methyl sites for hydroxylation is 1. The molecule has 0 saturated carbocycles. The van der Waals surface area contributed by atoms with Crippen LogP contribution in [-0.4, -0.2) is 31.2 Å². The van der Waals surface area contributed by atoms with Crippen molar-refractivity contribution in [3.8, 4) is 22.9 Å². The van der Waals surface area contributed by atoms with Crippen LogP contribution < -0.4 is 10.7 Å². The van der Waals surface area contributed by atoms with Crippen LogP contribution in [0.5, 0.6) is 5.75 Å². The summed E-state index contributed by atoms with van der Waals surface area (Å²) in [6.07, 6.45) is 1.61. The van der Waals surface area contributed by atoms with Crippen molar-refractivity contribution in [2.45, 2.75) is 19.9 Å². The fraction of sp³-hybridized carbons (Fsp3) is 0.111. The van der Waals surface area contributed by atoms with E-state index in [9.17, 15) is 19.8 Å². The van der Waals surface area contributed by atoms with E-state index >= 15 is 0 Å². The first kappa shape index (κ1) is 22.9. The summed E-state index contributed by atoms with van der Waals surface area (Å²) in [5.41, 5.74) is 3.26. The van der Waals surface area contributed by atoms with Crippen LogP contribution in [0.25, 0.3) is 28.1 Å². The van der Waals surface area contributed by atoms with Crippen LogP contribution in [0.3, 0.4) is 0 Å². The van der Waals surface area contributed by atoms with Crippen molar-refractivity contribution >= 4 is 22.6 Å². The number of aromatic nitrogens is 3. The van der Waals surface area contributed by atoms with Gasteiger partial charge in [-0.2, -0.15) is 0 Å². The second-order valence-electron chi connectivity index (χ2n) is 8.49. The summed E-state index contributed by atoms with van der Waals surface area (Å²) in [5.74, 6) is -0.710. The van der Waals surface area contributed by atoms with Crippen LogP contribution in [-0.2, 0) is 0 Å². The summed E-state index contributed by atoms with van der Waals surface area (Å²) in [4.78, 5) is 24.7. The Balaban J connectivity index is 1.58. The third-order valence-electron chi connectivity index (χ3n) is 5.84. The number of phenols is 1. The topological polar surface area (TPSA) is 130 Å². The number of aromatic carboxylic acids is 1. The minimum atomic E-state index is -1.04. The number of rotatable bonds is 6. The molecule has 3 N–H and O–H groups in total. The van der Waals surface area contributed by atoms with Gasteiger partial charge in [-0.3, -0.25) is 4.79 Å². The number of anilines is 1. The molecule has 0 fully saturated rings. The summed E-state index contributed by atoms with van der Waals surface area (Å²) in [6.45, 7) is 3.76. The molecule has 1 unspecified atom stereocenters. The van der Waals surface area contributed by atoms with Crippen molar-refractivity contribution in [3.63, 3.8) is 0 Å². The summed E-state index contributed by atoms with van der Waals surface area (Å²) < 4.78 is 7.68. The number of nitrogens with zero attached hydrogens (tertiary/aromatic N) is 3. The van der Waals surface area contributed by atoms with Crippen molar-refractivity contribution in [2.24, 2.45) is 0 Å². The first-order valence-electron chi connectivity index (χ1n) is 11.2. The number of aromatic hydroxyl groups is 1. The maximum atomic E-state index is 13.1. The molecule has 2 aromatic heterocycles. The highest BCUT2D eigenvalue weighted by Crippen LogP contribution is 2.31. The van der Waals surface area contributed by atoms with Gasteiger partial charge in [0.25, 0.3) is 0 Å². The van der Waals surface area contributed by atoms with Crippen LogP contribution in [0.1, 0.15) is 34.5 Å². The van der Waals surface area contributed by atoms with E-state index in [0.29, 0.717) is 33.6 Å². The average molecular weight is 482 g/mol. The van der Waals surface area contributed by atoms with Crippen LogP contribution in [0.2, 0.25) is 0 Å². The smallest absolute Gasteiger partial charge is 0.337 e. The number of phenolic OH excluding ortho intramolecular Hbond substituents is 1. The monoisotopic (exact) mass is 482 g/mol. The standard InChI is InChI=1S/C27H22N4O5/c1-15-10-20(16(2)28-22-9-4-3-8-19(22)27(34)35)26-21(11-15)24(33)13-25(36-26)23-14-31(30-29-23)17-6-5-7-18(32)12-17/h3-14,16,28,32H,1-2H3,(H,34,35). The van der Waals surface area contributed by atoms with Gasteiger partial charge in [-0.25, -0.2) is 9.48 Å². The third kappa shape index (κ3) is 4.29. The van der Waals surface area contributed by atoms with Gasteiger partial charge in [0.15, 0.2) is 11.2 Å². The summed E-state index contributed by atoms with van der Waals surface area (Å²) in [7, 11) is 0. The van der Waals surface area contributed by atoms with Gasteiger partial charge in [-0.05, 0) is 49.7 Å². The van der Waals surface area contributed by atoms with Gasteiger partial charge in [-0.1, -0.05) is 29.5 Å². The Kier molecular flexibility index (Phi) is 5.73. The number of benzene rings is 3. The van der Waals surface area contributed by atoms with E-state index in [2.05, 4.69) is 15.6 Å². The Morgan fingerprint density at radius 2 is 1.89 bits per heavy atom. The van der Waals surface area contributed by atoms with Crippen molar-refractivity contribution < 1.29 is 19.4 Å². The molecular weight excluding hydrogens is 460 g/mol. The minimum Gasteiger partial charge on any atom is -0.508 e. The largest absolute Gasteiger partial charge is 0.508 e. The SMILES string of the molecule is Cc1cc(C(C)Nc2ccccc2C(=O)O)c2oc(-c3cn(-c4cccc(O)c4)nn3)cc(=O)c2c1. The quantitative estimate of drug-likeness (QED) is 0.311. The normalized spacial score (nSPS) is 11.9. The zero-order chi connectivity index (χ0) is 25.4. The lowest BCUT2D eigenvalue weighted by Crippen LogP contribution is -2.12. The zero-order valence-electron chi connectivity index (χ0n) is 19.5. The van der Waals surface area contributed by atoms with E-state index in [0.717, 1.165) is 5.56 Å². The molecule has 0 bridgehead atoms. The summed E-state index contributed by atoms with van der Waals surface area (Å²) >= 11 is 0. The molecule has 0 radical (unpaired) electrons. The second kappa shape index (κ2) is 9.03. The Morgan fingerprint density at radius 1 is 1.08 bits per heavy atom. The molecule has 9 heteroatoms. The molecule has 3 aromatic carbocycles. The molecule has 9 nitrogen and oxygen atoms in total. The van der Waals surface area contributed by atoms with Crippen molar-refractivity contribution in [1.29, 1.82) is 0 Å². The van der Waals surface area contributed by atoms with Crippen LogP contribution in [0.15, 0.2) is 82.1 Å². The highest BCUT2D eigenvalue weighted by molar-refractivity contribution is 5.94. The molecule has 0 spiro atoms. The molecule has 0 aliphatic heterocycles. The highest BCUT2D eigenvalue weighted by atomic mass is 16.4. The van der Waals surface area contributed by atoms with E-state index in [1.165, 1.54) is 22.9 Å². The molecule has 0 amide bonds. The molecule has 0 aliphatic carbocycles. The number of carboxylic acids is 1. The average Bonchev–Trinajstić information content (AvgIpc) is 3.35. The molecule has 2 heterocycles. The van der Waals surface area contributed by atoms with Gasteiger partial charge in [-0.15, -0.1) is 5.10 Å². The van der Waals surface area contributed by atoms with Gasteiger partial charge in [0.05, 0.1) is 28.9 Å². The molecule has 36 heavy (non-hydrogen) atoms. The maximum Gasteiger partial charge on any atom is 0.337 e. The van der Waals surface area contributed by atoms with Crippen molar-refractivity contribution in [2.75, 3.05) is 5.32 Å². The summed E-state index contributed by atoms with van der Waals surface area (Å²) in [6, 6.07) is 17.8. The fourth-order valence-corrected chi connectivity index (χ4v) is 4.13. The van der Waals surface area contributed by atoms with Crippen LogP contribution in [0, 0.1) is 6.92 Å². The van der Waals surface area contributed by atoms with Gasteiger partial charge in [0.2, 0.25) is 0 Å². The van der Waals surface area contributed by atoms with E-state index in [4.69, 9.17) is 4.42 Å². The lowest BCUT2D eigenvalue weighted by Gasteiger charge is -2.19. The van der Waals surface area contributed by atoms with Gasteiger partial charge in [0, 0.05) is 23.4 Å². The van der Waals surface area contributed by atoms with Gasteiger partial charge >= 0.3 is 5.97 Å². The molecular formula is C27H22N4O5. The lowest BCUT2D eigenvalue weighted by molar-refractivity contribution is 0.0698. The number of hydrogen-bond donors (Lipinski definition) is 3. The van der Waals surface area contributed by atoms with Crippen LogP contribution in [0.4, 0.5) is 5.69 Å². The first-order chi connectivity index (χ1) is 17.3. The van der Waals surface area contributed by atoms with Crippen molar-refractivity contribution in [3.05, 3.63) is 99.8 Å². The number of para-hydroxylation sites is 1. The Labute approximate surface area is 205 Å². The maximum absolute atomic E-state index is 13.1. The molecule has 5 aromatic rings. The van der Waals surface area contributed by atoms with Gasteiger partial charge in [0.1, 0.15) is 17.0 Å². The van der Waals surface area contributed by atoms with E-state index < -0.39 is 5.97 Å². The van der Waals surface area contributed by atoms with E-state index in [-0.39, 0.29) is 28.5 Å². The molecule has 5 rings (SSSR count). The fourth-order valence-electron chi connectivity index (χ4n) is 4.13. The highest BCUT2D eigenvalue weighted by Gasteiger charge is 2.19. The predicted octanol–water partition coefficient (Wildman–Crippen LogP) is 4.93. The second-order valence-corrected chi connectivity index (χ2v) is 8.49. The Morgan fingerprint density at radius 3 is 2.67 bits per heavy atom. The van der Waals surface area contributed by atoms with Crippen molar-refractivity contribution in [1.82, 2.24) is 15.0 Å². The Bertz CT molecular complexity index is 1670. The molecule has 1 atom stereocenters. The molecule has 0 aliphatic rings. The molecule has 180 valence electrons. The first-order valence-corrected chi connectivity index (χ1v) is 11.2. The van der Waals surface area contributed by atoms with Crippen LogP contribution >= 0.6 is 0 Å². The lowest BCUT2D eigenvalue weighted by atomic mass is 10.0. The number of carboxylic acid groups (broad SMARTS) is 1. The number of carbonyl (C=O) groups is 1. The number of fused-ring (bicyclic) bond motifs is 1. The number of hydrogen-bond acceptors (Lipinski definition) is 7. The third-order valence-corrected chi connectivity index (χ3v) is 5.84. The van der Waals surface area contributed by atoms with Gasteiger partial charge < -0.3 is 19.9 Å². The van der Waals surface area contributed by atoms with E-state index in [1.54, 1.807) is 48.7 Å². The minimum absolute atomic E-state index is 0.0905. The predicted molar refractivity (Wildman–Crippen MR) is 135 cm³/mol. The number of nitrogens with one attached hydrogen (secondary N) is 1. The summed E-state index contributed by atoms with van der Waals surface area (Å²) in [5, 5.41) is 31.2.